The second-order valence-corrected chi connectivity index (χ2v) is 9.62. The third-order valence-electron chi connectivity index (χ3n) is 5.30. The van der Waals surface area contributed by atoms with E-state index < -0.39 is 5.97 Å². The number of thioether (sulfide) groups is 1. The van der Waals surface area contributed by atoms with Crippen molar-refractivity contribution in [2.45, 2.75) is 17.6 Å². The molecule has 0 unspecified atom stereocenters. The Hall–Kier alpha value is -2.91. The molecule has 33 heavy (non-hydrogen) atoms. The first kappa shape index (κ1) is 23.3. The van der Waals surface area contributed by atoms with E-state index in [-0.39, 0.29) is 18.3 Å². The Balaban J connectivity index is 1.28. The lowest BCUT2D eigenvalue weighted by Gasteiger charge is -2.36. The molecular formula is C24H24FN3O3S2. The van der Waals surface area contributed by atoms with E-state index in [2.05, 4.69) is 4.98 Å². The van der Waals surface area contributed by atoms with Gasteiger partial charge in [0.05, 0.1) is 22.0 Å². The number of amides is 1. The van der Waals surface area contributed by atoms with E-state index in [9.17, 15) is 14.0 Å². The summed E-state index contributed by atoms with van der Waals surface area (Å²) in [5.41, 5.74) is 1.94. The van der Waals surface area contributed by atoms with Crippen molar-refractivity contribution in [2.24, 2.45) is 0 Å². The molecule has 2 heterocycles. The van der Waals surface area contributed by atoms with Gasteiger partial charge in [0.2, 0.25) is 0 Å². The molecule has 1 saturated heterocycles. The van der Waals surface area contributed by atoms with Crippen LogP contribution >= 0.6 is 23.1 Å². The molecule has 1 amide bonds. The highest BCUT2D eigenvalue weighted by atomic mass is 32.2. The summed E-state index contributed by atoms with van der Waals surface area (Å²) in [7, 11) is 0. The zero-order chi connectivity index (χ0) is 23.2. The second-order valence-electron chi connectivity index (χ2n) is 7.54. The molecule has 0 bridgehead atoms. The minimum absolute atomic E-state index is 0.250. The number of ether oxygens (including phenoxy) is 1. The predicted octanol–water partition coefficient (Wildman–Crippen LogP) is 4.39. The molecular weight excluding hydrogens is 461 g/mol. The first-order valence-corrected chi connectivity index (χ1v) is 12.4. The van der Waals surface area contributed by atoms with Gasteiger partial charge in [0.15, 0.2) is 6.61 Å². The highest BCUT2D eigenvalue weighted by Crippen LogP contribution is 2.27. The monoisotopic (exact) mass is 485 g/mol. The number of halogens is 1. The fourth-order valence-corrected chi connectivity index (χ4v) is 5.24. The quantitative estimate of drug-likeness (QED) is 0.365. The topological polar surface area (TPSA) is 62.7 Å². The number of piperazine rings is 1. The minimum Gasteiger partial charge on any atom is -0.452 e. The maximum Gasteiger partial charge on any atom is 0.339 e. The molecule has 0 spiro atoms. The number of carbonyl (C=O) groups is 2. The molecule has 0 radical (unpaired) electrons. The fourth-order valence-electron chi connectivity index (χ4n) is 3.59. The summed E-state index contributed by atoms with van der Waals surface area (Å²) in [6.45, 7) is 3.59. The Morgan fingerprint density at radius 3 is 2.55 bits per heavy atom. The Morgan fingerprint density at radius 1 is 1.09 bits per heavy atom. The number of anilines is 1. The molecule has 0 saturated carbocycles. The molecule has 1 aromatic heterocycles. The van der Waals surface area contributed by atoms with Gasteiger partial charge in [-0.15, -0.1) is 23.1 Å². The number of para-hydroxylation sites is 1. The van der Waals surface area contributed by atoms with Crippen molar-refractivity contribution in [1.82, 2.24) is 9.88 Å². The molecule has 172 valence electrons. The van der Waals surface area contributed by atoms with Crippen LogP contribution in [0.5, 0.6) is 0 Å². The van der Waals surface area contributed by atoms with E-state index in [0.717, 1.165) is 15.6 Å². The lowest BCUT2D eigenvalue weighted by molar-refractivity contribution is -0.134. The summed E-state index contributed by atoms with van der Waals surface area (Å²) >= 11 is 3.11. The van der Waals surface area contributed by atoms with Gasteiger partial charge >= 0.3 is 5.97 Å². The number of thiazole rings is 1. The Kier molecular flexibility index (Phi) is 7.61. The fraction of sp³-hybridized carbons (Fsp3) is 0.292. The molecule has 4 rings (SSSR count). The average Bonchev–Trinajstić information content (AvgIpc) is 3.26. The van der Waals surface area contributed by atoms with Gasteiger partial charge in [0.1, 0.15) is 5.82 Å². The van der Waals surface area contributed by atoms with Crippen molar-refractivity contribution in [1.29, 1.82) is 0 Å². The zero-order valence-electron chi connectivity index (χ0n) is 18.2. The molecule has 6 nitrogen and oxygen atoms in total. The van der Waals surface area contributed by atoms with E-state index in [1.54, 1.807) is 46.6 Å². The molecule has 2 aromatic carbocycles. The number of nitrogens with zero attached hydrogens (tertiary/aromatic N) is 3. The molecule has 9 heteroatoms. The third-order valence-corrected chi connectivity index (χ3v) is 7.23. The van der Waals surface area contributed by atoms with E-state index in [1.165, 1.54) is 17.8 Å². The van der Waals surface area contributed by atoms with Gasteiger partial charge in [-0.1, -0.05) is 24.3 Å². The molecule has 1 aliphatic rings. The summed E-state index contributed by atoms with van der Waals surface area (Å²) in [4.78, 5) is 34.1. The Labute approximate surface area is 200 Å². The molecule has 0 atom stereocenters. The third kappa shape index (κ3) is 5.91. The minimum atomic E-state index is -0.522. The van der Waals surface area contributed by atoms with Crippen LogP contribution in [0.2, 0.25) is 0 Å². The van der Waals surface area contributed by atoms with E-state index in [0.29, 0.717) is 43.2 Å². The van der Waals surface area contributed by atoms with E-state index in [1.807, 2.05) is 29.3 Å². The van der Waals surface area contributed by atoms with Gasteiger partial charge < -0.3 is 14.5 Å². The van der Waals surface area contributed by atoms with Crippen LogP contribution in [0.15, 0.2) is 58.8 Å². The summed E-state index contributed by atoms with van der Waals surface area (Å²) in [6, 6.07) is 13.8. The van der Waals surface area contributed by atoms with Gasteiger partial charge in [-0.3, -0.25) is 4.79 Å². The molecule has 3 aromatic rings. The number of rotatable bonds is 7. The normalized spacial score (nSPS) is 13.8. The molecule has 1 aliphatic heterocycles. The van der Waals surface area contributed by atoms with Crippen LogP contribution in [0.3, 0.4) is 0 Å². The number of benzene rings is 2. The van der Waals surface area contributed by atoms with Gasteiger partial charge in [-0.05, 0) is 31.2 Å². The number of hydrogen-bond donors (Lipinski definition) is 0. The summed E-state index contributed by atoms with van der Waals surface area (Å²) in [6.07, 6.45) is 0. The van der Waals surface area contributed by atoms with Crippen molar-refractivity contribution < 1.29 is 18.7 Å². The SMILES string of the molecule is Cc1nc(CSc2ccccc2C(=O)OCC(=O)N2CCN(c3ccccc3F)CC2)cs1. The number of aryl methyl sites for hydroxylation is 1. The molecule has 0 aliphatic carbocycles. The zero-order valence-corrected chi connectivity index (χ0v) is 19.8. The van der Waals surface area contributed by atoms with Crippen molar-refractivity contribution >= 4 is 40.7 Å². The summed E-state index contributed by atoms with van der Waals surface area (Å²) < 4.78 is 19.3. The van der Waals surface area contributed by atoms with E-state index >= 15 is 0 Å². The van der Waals surface area contributed by atoms with Crippen LogP contribution < -0.4 is 4.90 Å². The highest BCUT2D eigenvalue weighted by Gasteiger charge is 2.24. The van der Waals surface area contributed by atoms with E-state index in [4.69, 9.17) is 4.74 Å². The Bertz CT molecular complexity index is 1130. The summed E-state index contributed by atoms with van der Waals surface area (Å²) in [5, 5.41) is 3.01. The summed E-state index contributed by atoms with van der Waals surface area (Å²) in [5.74, 6) is -0.391. The first-order valence-electron chi connectivity index (χ1n) is 10.6. The standard InChI is InChI=1S/C24H24FN3O3S2/c1-17-26-18(15-32-17)16-33-22-9-5-2-6-19(22)24(30)31-14-23(29)28-12-10-27(11-13-28)21-8-4-3-7-20(21)25/h2-9,15H,10-14,16H2,1H3. The van der Waals surface area contributed by atoms with Crippen LogP contribution in [0.25, 0.3) is 0 Å². The smallest absolute Gasteiger partial charge is 0.339 e. The number of esters is 1. The number of aromatic nitrogens is 1. The van der Waals surface area contributed by atoms with Crippen LogP contribution in [0.1, 0.15) is 21.1 Å². The maximum atomic E-state index is 14.0. The van der Waals surface area contributed by atoms with Crippen LogP contribution in [0, 0.1) is 12.7 Å². The van der Waals surface area contributed by atoms with Crippen LogP contribution in [-0.4, -0.2) is 54.5 Å². The van der Waals surface area contributed by atoms with Gasteiger partial charge in [0.25, 0.3) is 5.91 Å². The average molecular weight is 486 g/mol. The predicted molar refractivity (Wildman–Crippen MR) is 128 cm³/mol. The van der Waals surface area contributed by atoms with Crippen molar-refractivity contribution in [3.05, 3.63) is 76.0 Å². The number of carbonyl (C=O) groups excluding carboxylic acids is 2. The molecule has 0 N–H and O–H groups in total. The molecule has 1 fully saturated rings. The van der Waals surface area contributed by atoms with Crippen molar-refractivity contribution in [3.63, 3.8) is 0 Å². The second kappa shape index (κ2) is 10.8. The van der Waals surface area contributed by atoms with Gasteiger partial charge in [0, 0.05) is 42.2 Å². The number of hydrogen-bond acceptors (Lipinski definition) is 7. The Morgan fingerprint density at radius 2 is 1.82 bits per heavy atom. The van der Waals surface area contributed by atoms with Crippen LogP contribution in [-0.2, 0) is 15.3 Å². The lowest BCUT2D eigenvalue weighted by atomic mass is 10.2. The van der Waals surface area contributed by atoms with Gasteiger partial charge in [-0.25, -0.2) is 14.2 Å². The lowest BCUT2D eigenvalue weighted by Crippen LogP contribution is -2.50. The van der Waals surface area contributed by atoms with Crippen molar-refractivity contribution in [2.75, 3.05) is 37.7 Å². The van der Waals surface area contributed by atoms with Crippen LogP contribution in [0.4, 0.5) is 10.1 Å². The highest BCUT2D eigenvalue weighted by molar-refractivity contribution is 7.98. The van der Waals surface area contributed by atoms with Gasteiger partial charge in [-0.2, -0.15) is 0 Å². The first-order chi connectivity index (χ1) is 16.0. The van der Waals surface area contributed by atoms with Crippen molar-refractivity contribution in [3.8, 4) is 0 Å². The maximum absolute atomic E-state index is 14.0. The largest absolute Gasteiger partial charge is 0.452 e.